The van der Waals surface area contributed by atoms with Gasteiger partial charge >= 0.3 is 0 Å². The normalized spacial score (nSPS) is 9.69. The van der Waals surface area contributed by atoms with E-state index in [9.17, 15) is 0 Å². The lowest BCUT2D eigenvalue weighted by molar-refractivity contribution is 0.786. The van der Waals surface area contributed by atoms with E-state index in [-0.39, 0.29) is 0 Å². The molecule has 0 aromatic carbocycles. The number of thioether (sulfide) groups is 1. The lowest BCUT2D eigenvalue weighted by Gasteiger charge is -2.06. The van der Waals surface area contributed by atoms with Gasteiger partial charge < -0.3 is 5.32 Å². The molecule has 0 bridgehead atoms. The second kappa shape index (κ2) is 8.24. The summed E-state index contributed by atoms with van der Waals surface area (Å²) in [7, 11) is 1.92. The fourth-order valence-corrected chi connectivity index (χ4v) is 1.48. The van der Waals surface area contributed by atoms with Crippen molar-refractivity contribution in [3.05, 3.63) is 24.4 Å². The molecule has 1 N–H and O–H groups in total. The van der Waals surface area contributed by atoms with Crippen LogP contribution in [0.3, 0.4) is 0 Å². The molecule has 0 aromatic heterocycles. The van der Waals surface area contributed by atoms with Crippen molar-refractivity contribution < 1.29 is 0 Å². The quantitative estimate of drug-likeness (QED) is 0.476. The van der Waals surface area contributed by atoms with Gasteiger partial charge in [0.2, 0.25) is 0 Å². The minimum Gasteiger partial charge on any atom is -0.392 e. The maximum atomic E-state index is 4.05. The molecule has 0 unspecified atom stereocenters. The monoisotopic (exact) mass is 199 g/mol. The predicted molar refractivity (Wildman–Crippen MR) is 64.2 cm³/mol. The van der Waals surface area contributed by atoms with Crippen LogP contribution >= 0.6 is 11.8 Å². The zero-order chi connectivity index (χ0) is 10.1. The van der Waals surface area contributed by atoms with Gasteiger partial charge in [-0.3, -0.25) is 0 Å². The first kappa shape index (κ1) is 12.6. The van der Waals surface area contributed by atoms with Crippen molar-refractivity contribution in [1.82, 2.24) is 5.32 Å². The Morgan fingerprint density at radius 1 is 1.23 bits per heavy atom. The van der Waals surface area contributed by atoms with Gasteiger partial charge in [-0.1, -0.05) is 18.7 Å². The lowest BCUT2D eigenvalue weighted by atomic mass is 10.1. The zero-order valence-electron chi connectivity index (χ0n) is 8.86. The fourth-order valence-electron chi connectivity index (χ4n) is 1.04. The zero-order valence-corrected chi connectivity index (χ0v) is 9.67. The second-order valence-corrected chi connectivity index (χ2v) is 4.19. The molecular formula is C11H21NS. The minimum atomic E-state index is 1.02. The van der Waals surface area contributed by atoms with Gasteiger partial charge in [-0.2, -0.15) is 11.8 Å². The molecule has 1 nitrogen and oxygen atoms in total. The highest BCUT2D eigenvalue weighted by molar-refractivity contribution is 7.98. The van der Waals surface area contributed by atoms with Crippen molar-refractivity contribution in [2.75, 3.05) is 19.1 Å². The van der Waals surface area contributed by atoms with Crippen molar-refractivity contribution in [1.29, 1.82) is 0 Å². The summed E-state index contributed by atoms with van der Waals surface area (Å²) >= 11 is 1.90. The average molecular weight is 199 g/mol. The molecule has 0 aliphatic carbocycles. The van der Waals surface area contributed by atoms with Crippen LogP contribution in [0.15, 0.2) is 24.4 Å². The van der Waals surface area contributed by atoms with Crippen LogP contribution in [0.1, 0.15) is 25.7 Å². The van der Waals surface area contributed by atoms with Crippen molar-refractivity contribution in [2.45, 2.75) is 25.7 Å². The third-order valence-corrected chi connectivity index (χ3v) is 2.71. The molecule has 0 spiro atoms. The van der Waals surface area contributed by atoms with Crippen LogP contribution in [-0.2, 0) is 0 Å². The molecule has 0 saturated carbocycles. The van der Waals surface area contributed by atoms with E-state index in [0.29, 0.717) is 0 Å². The molecule has 13 heavy (non-hydrogen) atoms. The second-order valence-electron chi connectivity index (χ2n) is 3.20. The van der Waals surface area contributed by atoms with Crippen LogP contribution in [0.2, 0.25) is 0 Å². The van der Waals surface area contributed by atoms with Crippen LogP contribution in [0.5, 0.6) is 0 Å². The van der Waals surface area contributed by atoms with Crippen LogP contribution < -0.4 is 5.32 Å². The van der Waals surface area contributed by atoms with E-state index in [1.807, 2.05) is 18.8 Å². The Morgan fingerprint density at radius 3 is 2.46 bits per heavy atom. The standard InChI is InChI=1S/C11H21NS/c1-10(6-5-9-13-4)7-8-11(2)12-3/h12H,1-2,5-9H2,3-4H3. The molecule has 0 amide bonds. The molecule has 0 atom stereocenters. The first-order valence-electron chi connectivity index (χ1n) is 4.71. The Labute approximate surface area is 86.7 Å². The highest BCUT2D eigenvalue weighted by atomic mass is 32.2. The van der Waals surface area contributed by atoms with E-state index in [4.69, 9.17) is 0 Å². The first-order valence-corrected chi connectivity index (χ1v) is 6.11. The van der Waals surface area contributed by atoms with Crippen molar-refractivity contribution in [2.24, 2.45) is 0 Å². The highest BCUT2D eigenvalue weighted by Crippen LogP contribution is 2.13. The number of hydrogen-bond donors (Lipinski definition) is 1. The molecule has 0 saturated heterocycles. The molecular weight excluding hydrogens is 178 g/mol. The Balaban J connectivity index is 3.35. The maximum absolute atomic E-state index is 4.05. The van der Waals surface area contributed by atoms with Crippen molar-refractivity contribution >= 4 is 11.8 Å². The van der Waals surface area contributed by atoms with Gasteiger partial charge in [-0.25, -0.2) is 0 Å². The van der Waals surface area contributed by atoms with Crippen LogP contribution in [0.4, 0.5) is 0 Å². The first-order chi connectivity index (χ1) is 6.20. The topological polar surface area (TPSA) is 12.0 Å². The summed E-state index contributed by atoms with van der Waals surface area (Å²) in [5.41, 5.74) is 2.46. The largest absolute Gasteiger partial charge is 0.392 e. The van der Waals surface area contributed by atoms with Gasteiger partial charge in [0.05, 0.1) is 0 Å². The van der Waals surface area contributed by atoms with E-state index in [1.54, 1.807) is 0 Å². The third-order valence-electron chi connectivity index (χ3n) is 2.01. The number of nitrogens with one attached hydrogen (secondary N) is 1. The van der Waals surface area contributed by atoms with Crippen LogP contribution in [0, 0.1) is 0 Å². The van der Waals surface area contributed by atoms with Gasteiger partial charge in [-0.05, 0) is 37.7 Å². The van der Waals surface area contributed by atoms with E-state index in [0.717, 1.165) is 25.0 Å². The number of hydrogen-bond acceptors (Lipinski definition) is 2. The van der Waals surface area contributed by atoms with Gasteiger partial charge in [0, 0.05) is 12.7 Å². The minimum absolute atomic E-state index is 1.02. The van der Waals surface area contributed by atoms with Crippen molar-refractivity contribution in [3.8, 4) is 0 Å². The maximum Gasteiger partial charge on any atom is 0.00342 e. The highest BCUT2D eigenvalue weighted by Gasteiger charge is 1.96. The van der Waals surface area contributed by atoms with Crippen LogP contribution in [0.25, 0.3) is 0 Å². The van der Waals surface area contributed by atoms with E-state index < -0.39 is 0 Å². The Hall–Kier alpha value is -0.370. The van der Waals surface area contributed by atoms with Gasteiger partial charge in [0.25, 0.3) is 0 Å². The van der Waals surface area contributed by atoms with E-state index in [2.05, 4.69) is 24.7 Å². The summed E-state index contributed by atoms with van der Waals surface area (Å²) in [5, 5.41) is 3.05. The molecule has 76 valence electrons. The number of allylic oxidation sites excluding steroid dienone is 2. The summed E-state index contributed by atoms with van der Waals surface area (Å²) < 4.78 is 0. The Morgan fingerprint density at radius 2 is 1.92 bits per heavy atom. The van der Waals surface area contributed by atoms with E-state index in [1.165, 1.54) is 17.7 Å². The summed E-state index contributed by atoms with van der Waals surface area (Å²) in [6, 6.07) is 0. The lowest BCUT2D eigenvalue weighted by Crippen LogP contribution is -2.03. The Kier molecular flexibility index (Phi) is 8.00. The molecule has 0 heterocycles. The van der Waals surface area contributed by atoms with Crippen molar-refractivity contribution in [3.63, 3.8) is 0 Å². The summed E-state index contributed by atoms with van der Waals surface area (Å²) in [6.07, 6.45) is 6.66. The predicted octanol–water partition coefficient (Wildman–Crippen LogP) is 3.20. The average Bonchev–Trinajstić information content (AvgIpc) is 2.14. The van der Waals surface area contributed by atoms with Gasteiger partial charge in [0.1, 0.15) is 0 Å². The molecule has 0 fully saturated rings. The third kappa shape index (κ3) is 7.97. The van der Waals surface area contributed by atoms with Gasteiger partial charge in [0.15, 0.2) is 0 Å². The molecule has 2 heteroatoms. The van der Waals surface area contributed by atoms with Gasteiger partial charge in [-0.15, -0.1) is 0 Å². The smallest absolute Gasteiger partial charge is 0.00342 e. The molecule has 0 radical (unpaired) electrons. The summed E-state index contributed by atoms with van der Waals surface area (Å²) in [4.78, 5) is 0. The van der Waals surface area contributed by atoms with E-state index >= 15 is 0 Å². The molecule has 0 aliphatic rings. The molecule has 0 aliphatic heterocycles. The number of rotatable bonds is 8. The molecule has 0 rings (SSSR count). The summed E-state index contributed by atoms with van der Waals surface area (Å²) in [5.74, 6) is 1.24. The fraction of sp³-hybridized carbons (Fsp3) is 0.636. The Bertz CT molecular complexity index is 163. The molecule has 0 aromatic rings. The van der Waals surface area contributed by atoms with Crippen LogP contribution in [-0.4, -0.2) is 19.1 Å². The SMILES string of the molecule is C=C(CCCSC)CCC(=C)NC. The summed E-state index contributed by atoms with van der Waals surface area (Å²) in [6.45, 7) is 7.94.